The number of pyridine rings is 1. The molecule has 0 bridgehead atoms. The monoisotopic (exact) mass is 410 g/mol. The topological polar surface area (TPSA) is 86.1 Å². The maximum Gasteiger partial charge on any atom is 0.326 e. The van der Waals surface area contributed by atoms with Crippen molar-refractivity contribution in [3.8, 4) is 6.07 Å². The highest BCUT2D eigenvalue weighted by Crippen LogP contribution is 2.31. The third kappa shape index (κ3) is 4.17. The average molecular weight is 410 g/mol. The number of hydrogen-bond acceptors (Lipinski definition) is 4. The zero-order valence-electron chi connectivity index (χ0n) is 17.1. The van der Waals surface area contributed by atoms with Crippen LogP contribution in [0.25, 0.3) is 0 Å². The minimum atomic E-state index is -0.798. The number of nitriles is 1. The predicted molar refractivity (Wildman–Crippen MR) is 116 cm³/mol. The lowest BCUT2D eigenvalue weighted by molar-refractivity contribution is -0.146. The lowest BCUT2D eigenvalue weighted by Gasteiger charge is -2.42. The van der Waals surface area contributed by atoms with E-state index in [9.17, 15) is 14.9 Å². The summed E-state index contributed by atoms with van der Waals surface area (Å²) in [5.41, 5.74) is 3.57. The van der Waals surface area contributed by atoms with Gasteiger partial charge in [0.15, 0.2) is 0 Å². The van der Waals surface area contributed by atoms with Gasteiger partial charge in [-0.1, -0.05) is 60.7 Å². The number of β-lactam (4-membered cyclic amide) rings is 1. The minimum absolute atomic E-state index is 0.335. The van der Waals surface area contributed by atoms with Gasteiger partial charge < -0.3 is 5.32 Å². The van der Waals surface area contributed by atoms with E-state index in [-0.39, 0.29) is 5.91 Å². The second-order valence-electron chi connectivity index (χ2n) is 7.60. The molecule has 2 aromatic carbocycles. The average Bonchev–Trinajstić information content (AvgIpc) is 2.80. The maximum absolute atomic E-state index is 13.0. The van der Waals surface area contributed by atoms with Crippen LogP contribution in [0.2, 0.25) is 0 Å². The zero-order valence-corrected chi connectivity index (χ0v) is 17.1. The first kappa shape index (κ1) is 20.3. The van der Waals surface area contributed by atoms with Gasteiger partial charge in [-0.25, -0.2) is 9.69 Å². The lowest BCUT2D eigenvalue weighted by Crippen LogP contribution is -2.65. The summed E-state index contributed by atoms with van der Waals surface area (Å²) < 4.78 is 0. The smallest absolute Gasteiger partial charge is 0.326 e. The molecular formula is C25H22N4O2. The summed E-state index contributed by atoms with van der Waals surface area (Å²) in [6, 6.07) is 23.2. The third-order valence-corrected chi connectivity index (χ3v) is 5.52. The van der Waals surface area contributed by atoms with Crippen LogP contribution in [0.4, 0.5) is 4.79 Å². The van der Waals surface area contributed by atoms with E-state index in [1.54, 1.807) is 6.20 Å². The molecule has 6 nitrogen and oxygen atoms in total. The Morgan fingerprint density at radius 1 is 1.10 bits per heavy atom. The normalized spacial score (nSPS) is 17.7. The summed E-state index contributed by atoms with van der Waals surface area (Å²) >= 11 is 0. The number of likely N-dealkylation sites (tertiary alicyclic amines) is 1. The Morgan fingerprint density at radius 2 is 1.71 bits per heavy atom. The van der Waals surface area contributed by atoms with Crippen LogP contribution in [0.1, 0.15) is 28.4 Å². The van der Waals surface area contributed by atoms with Crippen LogP contribution in [0.3, 0.4) is 0 Å². The highest BCUT2D eigenvalue weighted by molar-refractivity contribution is 6.02. The van der Waals surface area contributed by atoms with Gasteiger partial charge in [0, 0.05) is 11.9 Å². The number of hydrogen-bond donors (Lipinski definition) is 1. The van der Waals surface area contributed by atoms with E-state index in [2.05, 4.69) is 16.4 Å². The Balaban J connectivity index is 1.53. The molecule has 0 radical (unpaired) electrons. The van der Waals surface area contributed by atoms with Gasteiger partial charge in [0.25, 0.3) is 0 Å². The Labute approximate surface area is 181 Å². The second-order valence-corrected chi connectivity index (χ2v) is 7.60. The largest absolute Gasteiger partial charge is 0.327 e. The molecule has 1 saturated heterocycles. The fraction of sp³-hybridized carbons (Fsp3) is 0.200. The molecule has 2 heterocycles. The highest BCUT2D eigenvalue weighted by atomic mass is 16.2. The molecule has 1 fully saturated rings. The Hall–Kier alpha value is -3.98. The van der Waals surface area contributed by atoms with Crippen molar-refractivity contribution in [2.75, 3.05) is 0 Å². The number of carbonyl (C=O) groups is 2. The molecule has 31 heavy (non-hydrogen) atoms. The van der Waals surface area contributed by atoms with Crippen molar-refractivity contribution >= 4 is 11.9 Å². The van der Waals surface area contributed by atoms with E-state index in [1.807, 2.05) is 79.7 Å². The molecule has 2 atom stereocenters. The van der Waals surface area contributed by atoms with Gasteiger partial charge in [0.1, 0.15) is 6.04 Å². The quantitative estimate of drug-likeness (QED) is 0.649. The summed E-state index contributed by atoms with van der Waals surface area (Å²) in [6.45, 7) is 1.88. The molecule has 154 valence electrons. The summed E-state index contributed by atoms with van der Waals surface area (Å²) in [5, 5.41) is 12.6. The van der Waals surface area contributed by atoms with Crippen molar-refractivity contribution in [1.29, 1.82) is 5.26 Å². The summed E-state index contributed by atoms with van der Waals surface area (Å²) in [7, 11) is 0. The van der Waals surface area contributed by atoms with Crippen molar-refractivity contribution < 1.29 is 9.59 Å². The van der Waals surface area contributed by atoms with Crippen LogP contribution >= 0.6 is 0 Å². The number of imide groups is 1. The van der Waals surface area contributed by atoms with E-state index < -0.39 is 24.0 Å². The van der Waals surface area contributed by atoms with Crippen molar-refractivity contribution in [2.45, 2.75) is 25.4 Å². The predicted octanol–water partition coefficient (Wildman–Crippen LogP) is 3.78. The van der Waals surface area contributed by atoms with E-state index >= 15 is 0 Å². The van der Waals surface area contributed by atoms with Gasteiger partial charge in [-0.3, -0.25) is 9.78 Å². The van der Waals surface area contributed by atoms with Crippen LogP contribution in [-0.2, 0) is 11.2 Å². The van der Waals surface area contributed by atoms with Crippen LogP contribution in [0.15, 0.2) is 79.0 Å². The van der Waals surface area contributed by atoms with Crippen LogP contribution in [-0.4, -0.2) is 27.9 Å². The zero-order chi connectivity index (χ0) is 21.8. The number of nitrogens with zero attached hydrogens (tertiary/aromatic N) is 3. The molecule has 0 aliphatic carbocycles. The van der Waals surface area contributed by atoms with Crippen LogP contribution in [0, 0.1) is 24.2 Å². The van der Waals surface area contributed by atoms with E-state index in [0.717, 1.165) is 27.3 Å². The number of rotatable bonds is 5. The molecule has 4 rings (SSSR count). The van der Waals surface area contributed by atoms with E-state index in [4.69, 9.17) is 0 Å². The second kappa shape index (κ2) is 8.80. The molecule has 1 N–H and O–H groups in total. The van der Waals surface area contributed by atoms with Crippen molar-refractivity contribution in [3.05, 3.63) is 101 Å². The number of aromatic nitrogens is 1. The number of amides is 3. The fourth-order valence-corrected chi connectivity index (χ4v) is 3.95. The van der Waals surface area contributed by atoms with Gasteiger partial charge >= 0.3 is 6.03 Å². The molecule has 0 spiro atoms. The number of carbonyl (C=O) groups excluding carboxylic acids is 2. The minimum Gasteiger partial charge on any atom is -0.327 e. The Bertz CT molecular complexity index is 1090. The molecule has 3 aromatic rings. The maximum atomic E-state index is 13.0. The van der Waals surface area contributed by atoms with Gasteiger partial charge in [-0.05, 0) is 42.2 Å². The van der Waals surface area contributed by atoms with Gasteiger partial charge in [0.05, 0.1) is 18.0 Å². The fourth-order valence-electron chi connectivity index (χ4n) is 3.95. The molecule has 6 heteroatoms. The van der Waals surface area contributed by atoms with Gasteiger partial charge in [-0.2, -0.15) is 5.26 Å². The number of aryl methyl sites for hydroxylation is 1. The summed E-state index contributed by atoms with van der Waals surface area (Å²) in [4.78, 5) is 31.1. The molecule has 1 aliphatic heterocycles. The van der Waals surface area contributed by atoms with Crippen LogP contribution < -0.4 is 5.32 Å². The van der Waals surface area contributed by atoms with Crippen molar-refractivity contribution in [2.24, 2.45) is 5.92 Å². The number of benzene rings is 2. The first-order valence-corrected chi connectivity index (χ1v) is 10.1. The Kier molecular flexibility index (Phi) is 5.76. The molecule has 3 amide bonds. The molecule has 1 aromatic heterocycles. The summed E-state index contributed by atoms with van der Waals surface area (Å²) in [6.07, 6.45) is 2.09. The first-order valence-electron chi connectivity index (χ1n) is 10.1. The standard InChI is InChI=1S/C25H22N4O2/c1-17-14-18(12-13-27-17)15-21-22(16-26)29(24(21)30)25(31)28-23(19-8-4-2-5-9-19)20-10-6-3-7-11-20/h2-14,21-23H,15H2,1H3,(H,28,31)/t21-,22?/m1/s1. The molecular weight excluding hydrogens is 388 g/mol. The van der Waals surface area contributed by atoms with Crippen LogP contribution in [0.5, 0.6) is 0 Å². The summed E-state index contributed by atoms with van der Waals surface area (Å²) in [5.74, 6) is -0.872. The lowest BCUT2D eigenvalue weighted by atomic mass is 9.83. The van der Waals surface area contributed by atoms with E-state index in [1.165, 1.54) is 0 Å². The third-order valence-electron chi connectivity index (χ3n) is 5.52. The SMILES string of the molecule is Cc1cc(C[C@H]2C(=O)N(C(=O)NC(c3ccccc3)c3ccccc3)C2C#N)ccn1. The number of urea groups is 1. The molecule has 1 unspecified atom stereocenters. The highest BCUT2D eigenvalue weighted by Gasteiger charge is 2.51. The molecule has 1 aliphatic rings. The van der Waals surface area contributed by atoms with Crippen molar-refractivity contribution in [3.63, 3.8) is 0 Å². The molecule has 0 saturated carbocycles. The van der Waals surface area contributed by atoms with E-state index in [0.29, 0.717) is 6.42 Å². The first-order chi connectivity index (χ1) is 15.1. The number of nitrogens with one attached hydrogen (secondary N) is 1. The van der Waals surface area contributed by atoms with Gasteiger partial charge in [-0.15, -0.1) is 0 Å². The Morgan fingerprint density at radius 3 is 2.26 bits per heavy atom. The van der Waals surface area contributed by atoms with Crippen molar-refractivity contribution in [1.82, 2.24) is 15.2 Å². The van der Waals surface area contributed by atoms with Gasteiger partial charge in [0.2, 0.25) is 5.91 Å².